The molecule has 15 heavy (non-hydrogen) atoms. The van der Waals surface area contributed by atoms with E-state index in [1.807, 2.05) is 36.4 Å². The average molecular weight is 217 g/mol. The zero-order chi connectivity index (χ0) is 10.7. The predicted octanol–water partition coefficient (Wildman–Crippen LogP) is 3.28. The first-order valence-corrected chi connectivity index (χ1v) is 5.06. The van der Waals surface area contributed by atoms with Gasteiger partial charge in [-0.1, -0.05) is 30.3 Å². The third-order valence-corrected chi connectivity index (χ3v) is 2.42. The van der Waals surface area contributed by atoms with Crippen LogP contribution in [-0.2, 0) is 0 Å². The minimum absolute atomic E-state index is 0.597. The summed E-state index contributed by atoms with van der Waals surface area (Å²) in [5.41, 5.74) is 1.95. The Bertz CT molecular complexity index is 474. The predicted molar refractivity (Wildman–Crippen MR) is 64.9 cm³/mol. The molecule has 1 aromatic heterocycles. The number of nitrogens with zero attached hydrogens (tertiary/aromatic N) is 1. The standard InChI is InChI=1S/C12H11NOS/c1-13-8-10-7-11(14-12(10)15)9-5-3-2-4-6-9/h2-8,15H,1H3. The first-order chi connectivity index (χ1) is 7.31. The van der Waals surface area contributed by atoms with Gasteiger partial charge in [-0.2, -0.15) is 0 Å². The van der Waals surface area contributed by atoms with Crippen LogP contribution in [0.5, 0.6) is 0 Å². The highest BCUT2D eigenvalue weighted by Crippen LogP contribution is 2.26. The van der Waals surface area contributed by atoms with Gasteiger partial charge in [-0.25, -0.2) is 0 Å². The largest absolute Gasteiger partial charge is 0.449 e. The van der Waals surface area contributed by atoms with Gasteiger partial charge < -0.3 is 4.42 Å². The van der Waals surface area contributed by atoms with Crippen LogP contribution < -0.4 is 0 Å². The van der Waals surface area contributed by atoms with Crippen LogP contribution >= 0.6 is 12.6 Å². The van der Waals surface area contributed by atoms with E-state index in [4.69, 9.17) is 4.42 Å². The zero-order valence-corrected chi connectivity index (χ0v) is 9.24. The molecule has 0 N–H and O–H groups in total. The summed E-state index contributed by atoms with van der Waals surface area (Å²) in [6.45, 7) is 0. The Labute approximate surface area is 94.1 Å². The molecule has 0 spiro atoms. The van der Waals surface area contributed by atoms with Crippen molar-refractivity contribution in [1.29, 1.82) is 0 Å². The van der Waals surface area contributed by atoms with Crippen molar-refractivity contribution in [2.75, 3.05) is 7.05 Å². The first kappa shape index (κ1) is 10.1. The van der Waals surface area contributed by atoms with E-state index in [9.17, 15) is 0 Å². The highest BCUT2D eigenvalue weighted by atomic mass is 32.1. The Morgan fingerprint density at radius 3 is 2.67 bits per heavy atom. The van der Waals surface area contributed by atoms with Crippen molar-refractivity contribution in [2.24, 2.45) is 4.99 Å². The Kier molecular flexibility index (Phi) is 2.92. The molecule has 76 valence electrons. The lowest BCUT2D eigenvalue weighted by Crippen LogP contribution is -1.75. The van der Waals surface area contributed by atoms with Gasteiger partial charge >= 0.3 is 0 Å². The Morgan fingerprint density at radius 2 is 2.00 bits per heavy atom. The van der Waals surface area contributed by atoms with E-state index in [1.165, 1.54) is 0 Å². The van der Waals surface area contributed by atoms with Crippen molar-refractivity contribution in [3.63, 3.8) is 0 Å². The molecule has 2 aromatic rings. The fourth-order valence-electron chi connectivity index (χ4n) is 1.37. The molecule has 0 saturated carbocycles. The van der Waals surface area contributed by atoms with Crippen molar-refractivity contribution in [3.8, 4) is 11.3 Å². The SMILES string of the molecule is CN=Cc1cc(-c2ccccc2)oc1S. The number of hydrogen-bond acceptors (Lipinski definition) is 3. The minimum atomic E-state index is 0.597. The molecule has 0 amide bonds. The van der Waals surface area contributed by atoms with Crippen LogP contribution in [0.15, 0.2) is 50.9 Å². The number of aliphatic imine (C=N–C) groups is 1. The fraction of sp³-hybridized carbons (Fsp3) is 0.0833. The molecule has 2 rings (SSSR count). The molecule has 0 aliphatic carbocycles. The molecule has 0 fully saturated rings. The zero-order valence-electron chi connectivity index (χ0n) is 8.34. The maximum absolute atomic E-state index is 5.53. The lowest BCUT2D eigenvalue weighted by Gasteiger charge is -1.93. The van der Waals surface area contributed by atoms with Gasteiger partial charge in [-0.3, -0.25) is 4.99 Å². The van der Waals surface area contributed by atoms with Gasteiger partial charge in [0.05, 0.1) is 0 Å². The number of benzene rings is 1. The third-order valence-electron chi connectivity index (χ3n) is 2.07. The van der Waals surface area contributed by atoms with Crippen molar-refractivity contribution in [3.05, 3.63) is 42.0 Å². The van der Waals surface area contributed by atoms with Crippen molar-refractivity contribution in [2.45, 2.75) is 5.09 Å². The number of furan rings is 1. The highest BCUT2D eigenvalue weighted by molar-refractivity contribution is 7.80. The summed E-state index contributed by atoms with van der Waals surface area (Å²) in [5, 5.41) is 0.597. The maximum Gasteiger partial charge on any atom is 0.166 e. The molecular formula is C12H11NOS. The van der Waals surface area contributed by atoms with E-state index >= 15 is 0 Å². The summed E-state index contributed by atoms with van der Waals surface area (Å²) in [4.78, 5) is 3.94. The van der Waals surface area contributed by atoms with E-state index < -0.39 is 0 Å². The first-order valence-electron chi connectivity index (χ1n) is 4.61. The van der Waals surface area contributed by atoms with E-state index in [0.29, 0.717) is 5.09 Å². The normalized spacial score (nSPS) is 11.1. The Hall–Kier alpha value is -1.48. The van der Waals surface area contributed by atoms with Crippen molar-refractivity contribution < 1.29 is 4.42 Å². The molecule has 1 aromatic carbocycles. The maximum atomic E-state index is 5.53. The van der Waals surface area contributed by atoms with E-state index in [0.717, 1.165) is 16.9 Å². The van der Waals surface area contributed by atoms with Gasteiger partial charge in [0.2, 0.25) is 0 Å². The second-order valence-corrected chi connectivity index (χ2v) is 3.53. The van der Waals surface area contributed by atoms with Gasteiger partial charge in [0.25, 0.3) is 0 Å². The number of thiol groups is 1. The summed E-state index contributed by atoms with van der Waals surface area (Å²) in [5.74, 6) is 0.815. The second kappa shape index (κ2) is 4.36. The third kappa shape index (κ3) is 2.13. The van der Waals surface area contributed by atoms with E-state index in [-0.39, 0.29) is 0 Å². The van der Waals surface area contributed by atoms with E-state index in [1.54, 1.807) is 13.3 Å². The van der Waals surface area contributed by atoms with Gasteiger partial charge in [0.1, 0.15) is 5.76 Å². The molecule has 0 aliphatic heterocycles. The molecule has 0 bridgehead atoms. The summed E-state index contributed by atoms with van der Waals surface area (Å²) in [6.07, 6.45) is 1.73. The highest BCUT2D eigenvalue weighted by Gasteiger charge is 2.07. The average Bonchev–Trinajstić information content (AvgIpc) is 2.63. The van der Waals surface area contributed by atoms with Crippen molar-refractivity contribution >= 4 is 18.8 Å². The molecular weight excluding hydrogens is 206 g/mol. The molecule has 1 heterocycles. The monoisotopic (exact) mass is 217 g/mol. The van der Waals surface area contributed by atoms with Gasteiger partial charge in [0.15, 0.2) is 5.09 Å². The van der Waals surface area contributed by atoms with Crippen LogP contribution in [0.25, 0.3) is 11.3 Å². The number of hydrogen-bond donors (Lipinski definition) is 1. The second-order valence-electron chi connectivity index (χ2n) is 3.12. The van der Waals surface area contributed by atoms with Crippen LogP contribution in [0.3, 0.4) is 0 Å². The molecule has 0 aliphatic rings. The van der Waals surface area contributed by atoms with Gasteiger partial charge in [0, 0.05) is 24.4 Å². The molecule has 0 atom stereocenters. The summed E-state index contributed by atoms with van der Waals surface area (Å²) in [6, 6.07) is 11.9. The Morgan fingerprint density at radius 1 is 1.27 bits per heavy atom. The van der Waals surface area contributed by atoms with Crippen LogP contribution in [0.4, 0.5) is 0 Å². The number of rotatable bonds is 2. The van der Waals surface area contributed by atoms with Crippen LogP contribution in [-0.4, -0.2) is 13.3 Å². The lowest BCUT2D eigenvalue weighted by molar-refractivity contribution is 0.489. The smallest absolute Gasteiger partial charge is 0.166 e. The topological polar surface area (TPSA) is 25.5 Å². The molecule has 2 nitrogen and oxygen atoms in total. The minimum Gasteiger partial charge on any atom is -0.449 e. The summed E-state index contributed by atoms with van der Waals surface area (Å²) >= 11 is 4.25. The molecule has 0 radical (unpaired) electrons. The van der Waals surface area contributed by atoms with Gasteiger partial charge in [-0.15, -0.1) is 12.6 Å². The molecule has 0 unspecified atom stereocenters. The lowest BCUT2D eigenvalue weighted by atomic mass is 10.1. The Balaban J connectivity index is 2.43. The summed E-state index contributed by atoms with van der Waals surface area (Å²) in [7, 11) is 1.72. The summed E-state index contributed by atoms with van der Waals surface area (Å²) < 4.78 is 5.53. The van der Waals surface area contributed by atoms with Gasteiger partial charge in [-0.05, 0) is 6.07 Å². The molecule has 0 saturated heterocycles. The fourth-order valence-corrected chi connectivity index (χ4v) is 1.59. The quantitative estimate of drug-likeness (QED) is 0.606. The van der Waals surface area contributed by atoms with Crippen molar-refractivity contribution in [1.82, 2.24) is 0 Å². The van der Waals surface area contributed by atoms with Crippen LogP contribution in [0, 0.1) is 0 Å². The molecule has 3 heteroatoms. The van der Waals surface area contributed by atoms with E-state index in [2.05, 4.69) is 17.6 Å². The van der Waals surface area contributed by atoms with Crippen LogP contribution in [0.1, 0.15) is 5.56 Å². The van der Waals surface area contributed by atoms with Crippen LogP contribution in [0.2, 0.25) is 0 Å².